The molecule has 4 aliphatic rings. The van der Waals surface area contributed by atoms with Crippen LogP contribution in [0, 0.1) is 17.3 Å². The zero-order chi connectivity index (χ0) is 24.2. The quantitative estimate of drug-likeness (QED) is 0.521. The third kappa shape index (κ3) is 3.85. The van der Waals surface area contributed by atoms with Crippen molar-refractivity contribution in [2.75, 3.05) is 6.61 Å². The van der Waals surface area contributed by atoms with Crippen LogP contribution in [-0.2, 0) is 20.7 Å². The van der Waals surface area contributed by atoms with Crippen molar-refractivity contribution in [1.82, 2.24) is 5.32 Å². The van der Waals surface area contributed by atoms with Gasteiger partial charge in [-0.05, 0) is 73.1 Å². The first-order chi connectivity index (χ1) is 16.2. The largest absolute Gasteiger partial charge is 0.463 e. The lowest BCUT2D eigenvalue weighted by Gasteiger charge is -2.48. The van der Waals surface area contributed by atoms with E-state index in [0.29, 0.717) is 29.3 Å². The number of benzene rings is 1. The topological polar surface area (TPSA) is 125 Å². The van der Waals surface area contributed by atoms with Gasteiger partial charge in [-0.2, -0.15) is 0 Å². The van der Waals surface area contributed by atoms with E-state index in [0.717, 1.165) is 38.5 Å². The highest BCUT2D eigenvalue weighted by molar-refractivity contribution is 5.87. The van der Waals surface area contributed by atoms with Crippen LogP contribution in [0.5, 0.6) is 5.75 Å². The third-order valence-electron chi connectivity index (χ3n) is 8.91. The van der Waals surface area contributed by atoms with Gasteiger partial charge in [-0.25, -0.2) is 0 Å². The van der Waals surface area contributed by atoms with Crippen molar-refractivity contribution in [3.8, 4) is 5.75 Å². The maximum absolute atomic E-state index is 12.6. The molecule has 186 valence electrons. The number of aliphatic hydroxyl groups is 3. The van der Waals surface area contributed by atoms with E-state index in [1.807, 2.05) is 12.1 Å². The molecule has 0 spiro atoms. The minimum atomic E-state index is -1.35. The molecule has 0 bridgehead atoms. The Hall–Kier alpha value is -2.00. The van der Waals surface area contributed by atoms with Crippen LogP contribution >= 0.6 is 0 Å². The molecule has 2 saturated carbocycles. The van der Waals surface area contributed by atoms with Gasteiger partial charge in [-0.1, -0.05) is 13.0 Å². The summed E-state index contributed by atoms with van der Waals surface area (Å²) in [6.45, 7) is 3.01. The number of ether oxygens (including phenoxy) is 2. The van der Waals surface area contributed by atoms with Crippen LogP contribution in [-0.4, -0.2) is 64.3 Å². The summed E-state index contributed by atoms with van der Waals surface area (Å²) in [4.78, 5) is 24.2. The Kier molecular flexibility index (Phi) is 6.21. The zero-order valence-corrected chi connectivity index (χ0v) is 19.8. The van der Waals surface area contributed by atoms with Crippen molar-refractivity contribution in [2.45, 2.75) is 88.9 Å². The SMILES string of the molecule is CC(=O)N[C@H]1[C@H](Oc2ccc3c(c2)CC[C@H]2[C@H]4CCC(=O)[C@@]4(C)CC[C@@H]32)O[C@H](CO)[C@@H](O)[C@@H]1O. The number of amides is 1. The molecule has 3 fully saturated rings. The predicted octanol–water partition coefficient (Wildman–Crippen LogP) is 1.43. The summed E-state index contributed by atoms with van der Waals surface area (Å²) in [7, 11) is 0. The van der Waals surface area contributed by atoms with Crippen molar-refractivity contribution in [3.63, 3.8) is 0 Å². The van der Waals surface area contributed by atoms with E-state index in [4.69, 9.17) is 9.47 Å². The first kappa shape index (κ1) is 23.7. The second-order valence-corrected chi connectivity index (χ2v) is 10.7. The number of fused-ring (bicyclic) bond motifs is 5. The molecule has 0 unspecified atom stereocenters. The Bertz CT molecular complexity index is 966. The van der Waals surface area contributed by atoms with Crippen LogP contribution in [0.4, 0.5) is 0 Å². The van der Waals surface area contributed by atoms with Gasteiger partial charge < -0.3 is 30.1 Å². The molecule has 0 radical (unpaired) electrons. The summed E-state index contributed by atoms with van der Waals surface area (Å²) in [5.74, 6) is 2.07. The number of rotatable bonds is 4. The summed E-state index contributed by atoms with van der Waals surface area (Å²) < 4.78 is 11.8. The van der Waals surface area contributed by atoms with E-state index < -0.39 is 37.3 Å². The normalized spacial score (nSPS) is 41.3. The third-order valence-corrected chi connectivity index (χ3v) is 8.91. The van der Waals surface area contributed by atoms with Gasteiger partial charge in [0.25, 0.3) is 0 Å². The van der Waals surface area contributed by atoms with Crippen LogP contribution in [0.25, 0.3) is 0 Å². The number of aliphatic hydroxyl groups excluding tert-OH is 3. The smallest absolute Gasteiger partial charge is 0.223 e. The minimum Gasteiger partial charge on any atom is -0.463 e. The van der Waals surface area contributed by atoms with E-state index in [1.54, 1.807) is 0 Å². The van der Waals surface area contributed by atoms with Crippen molar-refractivity contribution in [3.05, 3.63) is 29.3 Å². The maximum Gasteiger partial charge on any atom is 0.223 e. The van der Waals surface area contributed by atoms with Gasteiger partial charge in [-0.15, -0.1) is 0 Å². The highest BCUT2D eigenvalue weighted by Crippen LogP contribution is 2.59. The molecule has 34 heavy (non-hydrogen) atoms. The fourth-order valence-electron chi connectivity index (χ4n) is 7.11. The Morgan fingerprint density at radius 2 is 2.00 bits per heavy atom. The number of carbonyl (C=O) groups is 2. The summed E-state index contributed by atoms with van der Waals surface area (Å²) in [6.07, 6.45) is 0.902. The minimum absolute atomic E-state index is 0.145. The van der Waals surface area contributed by atoms with E-state index in [9.17, 15) is 24.9 Å². The number of aryl methyl sites for hydroxylation is 1. The predicted molar refractivity (Wildman–Crippen MR) is 122 cm³/mol. The van der Waals surface area contributed by atoms with Crippen LogP contribution < -0.4 is 10.1 Å². The van der Waals surface area contributed by atoms with Crippen molar-refractivity contribution in [2.24, 2.45) is 17.3 Å². The Balaban J connectivity index is 1.36. The molecule has 8 heteroatoms. The van der Waals surface area contributed by atoms with Crippen LogP contribution in [0.1, 0.15) is 63.0 Å². The van der Waals surface area contributed by atoms with Crippen LogP contribution in [0.3, 0.4) is 0 Å². The van der Waals surface area contributed by atoms with Crippen LogP contribution in [0.15, 0.2) is 18.2 Å². The van der Waals surface area contributed by atoms with Gasteiger partial charge in [-0.3, -0.25) is 9.59 Å². The number of carbonyl (C=O) groups excluding carboxylic acids is 2. The molecule has 1 aliphatic heterocycles. The van der Waals surface area contributed by atoms with Gasteiger partial charge in [0.1, 0.15) is 35.9 Å². The molecule has 5 rings (SSSR count). The van der Waals surface area contributed by atoms with E-state index >= 15 is 0 Å². The number of ketones is 1. The number of hydrogen-bond acceptors (Lipinski definition) is 7. The van der Waals surface area contributed by atoms with Gasteiger partial charge in [0.15, 0.2) is 0 Å². The standard InChI is InChI=1S/C26H35NO7/c1-13(29)27-22-24(32)23(31)20(12-28)34-25(22)33-15-4-6-16-14(11-15)3-5-18-17(16)9-10-26(2)19(18)7-8-21(26)30/h4,6,11,17-20,22-25,28,31-32H,3,5,7-10,12H2,1-2H3,(H,27,29)/t17-,18+,19+,20+,22+,23+,24+,25+,26-/m0/s1. The van der Waals surface area contributed by atoms with Gasteiger partial charge in [0.2, 0.25) is 12.2 Å². The monoisotopic (exact) mass is 473 g/mol. The molecule has 1 aromatic rings. The van der Waals surface area contributed by atoms with Crippen molar-refractivity contribution >= 4 is 11.7 Å². The maximum atomic E-state index is 12.6. The van der Waals surface area contributed by atoms with Crippen LogP contribution in [0.2, 0.25) is 0 Å². The van der Waals surface area contributed by atoms with Gasteiger partial charge in [0, 0.05) is 18.8 Å². The van der Waals surface area contributed by atoms with E-state index in [2.05, 4.69) is 18.3 Å². The average molecular weight is 474 g/mol. The molecular weight excluding hydrogens is 438 g/mol. The molecule has 0 aromatic heterocycles. The molecular formula is C26H35NO7. The summed E-state index contributed by atoms with van der Waals surface area (Å²) in [5, 5.41) is 32.9. The first-order valence-corrected chi connectivity index (χ1v) is 12.4. The number of nitrogens with one attached hydrogen (secondary N) is 1. The van der Waals surface area contributed by atoms with Gasteiger partial charge >= 0.3 is 0 Å². The molecule has 1 heterocycles. The highest BCUT2D eigenvalue weighted by atomic mass is 16.7. The summed E-state index contributed by atoms with van der Waals surface area (Å²) in [5.41, 5.74) is 2.41. The molecule has 3 aliphatic carbocycles. The molecule has 1 aromatic carbocycles. The van der Waals surface area contributed by atoms with Crippen molar-refractivity contribution < 1.29 is 34.4 Å². The Labute approximate surface area is 199 Å². The fraction of sp³-hybridized carbons (Fsp3) is 0.692. The fourth-order valence-corrected chi connectivity index (χ4v) is 7.11. The second kappa shape index (κ2) is 8.90. The zero-order valence-electron chi connectivity index (χ0n) is 19.8. The van der Waals surface area contributed by atoms with E-state index in [-0.39, 0.29) is 11.3 Å². The highest BCUT2D eigenvalue weighted by Gasteiger charge is 2.54. The molecule has 8 nitrogen and oxygen atoms in total. The number of hydrogen-bond donors (Lipinski definition) is 4. The summed E-state index contributed by atoms with van der Waals surface area (Å²) in [6, 6.07) is 5.01. The lowest BCUT2D eigenvalue weighted by molar-refractivity contribution is -0.244. The van der Waals surface area contributed by atoms with Crippen molar-refractivity contribution in [1.29, 1.82) is 0 Å². The van der Waals surface area contributed by atoms with Gasteiger partial charge in [0.05, 0.1) is 6.61 Å². The lowest BCUT2D eigenvalue weighted by Crippen LogP contribution is -2.65. The molecule has 1 saturated heterocycles. The van der Waals surface area contributed by atoms with E-state index in [1.165, 1.54) is 18.1 Å². The molecule has 1 amide bonds. The second-order valence-electron chi connectivity index (χ2n) is 10.7. The number of Topliss-reactive ketones (excluding diaryl/α,β-unsaturated/α-hetero) is 1. The Morgan fingerprint density at radius 1 is 1.21 bits per heavy atom. The lowest BCUT2D eigenvalue weighted by atomic mass is 9.55. The Morgan fingerprint density at radius 3 is 2.74 bits per heavy atom. The first-order valence-electron chi connectivity index (χ1n) is 12.4. The molecule has 4 N–H and O–H groups in total. The average Bonchev–Trinajstić information content (AvgIpc) is 3.12. The molecule has 9 atom stereocenters. The summed E-state index contributed by atoms with van der Waals surface area (Å²) >= 11 is 0.